The second kappa shape index (κ2) is 4.98. The summed E-state index contributed by atoms with van der Waals surface area (Å²) in [5, 5.41) is 1.71. The molecule has 3 aromatic heterocycles. The number of hydrogen-bond donors (Lipinski definition) is 3. The number of aromatic nitrogens is 3. The Morgan fingerprint density at radius 1 is 1.43 bits per heavy atom. The van der Waals surface area contributed by atoms with Crippen molar-refractivity contribution >= 4 is 37.8 Å². The van der Waals surface area contributed by atoms with E-state index in [2.05, 4.69) is 20.1 Å². The van der Waals surface area contributed by atoms with Crippen LogP contribution >= 0.6 is 11.3 Å². The summed E-state index contributed by atoms with van der Waals surface area (Å²) in [4.78, 5) is 8.58. The normalized spacial score (nSPS) is 11.7. The van der Waals surface area contributed by atoms with Gasteiger partial charge in [0.05, 0.1) is 11.9 Å². The van der Waals surface area contributed by atoms with Gasteiger partial charge in [-0.1, -0.05) is 0 Å². The maximum Gasteiger partial charge on any atom is 0.281 e. The van der Waals surface area contributed by atoms with Gasteiger partial charge in [-0.2, -0.15) is 13.4 Å². The molecule has 0 radical (unpaired) electrons. The molecule has 4 N–H and O–H groups in total. The molecule has 10 heteroatoms. The Bertz CT molecular complexity index is 898. The molecular weight excluding hydrogens is 312 g/mol. The highest BCUT2D eigenvalue weighted by Crippen LogP contribution is 2.27. The smallest absolute Gasteiger partial charge is 0.281 e. The van der Waals surface area contributed by atoms with E-state index in [9.17, 15) is 8.42 Å². The summed E-state index contributed by atoms with van der Waals surface area (Å²) < 4.78 is 29.2. The molecule has 0 saturated carbocycles. The van der Waals surface area contributed by atoms with Gasteiger partial charge in [0.1, 0.15) is 0 Å². The van der Waals surface area contributed by atoms with Crippen molar-refractivity contribution in [3.05, 3.63) is 35.6 Å². The van der Waals surface area contributed by atoms with Gasteiger partial charge in [0.25, 0.3) is 10.0 Å². The van der Waals surface area contributed by atoms with Crippen LogP contribution in [0.5, 0.6) is 0 Å². The van der Waals surface area contributed by atoms with Crippen LogP contribution in [0.25, 0.3) is 4.96 Å². The largest absolute Gasteiger partial charge is 0.306 e. The molecule has 0 spiro atoms. The van der Waals surface area contributed by atoms with Gasteiger partial charge >= 0.3 is 0 Å². The first kappa shape index (κ1) is 13.8. The van der Waals surface area contributed by atoms with Crippen molar-refractivity contribution in [3.8, 4) is 0 Å². The van der Waals surface area contributed by atoms with Crippen molar-refractivity contribution in [2.45, 2.75) is 11.9 Å². The van der Waals surface area contributed by atoms with E-state index in [1.54, 1.807) is 30.8 Å². The number of thiazole rings is 1. The fourth-order valence-corrected chi connectivity index (χ4v) is 4.02. The molecule has 0 bridgehead atoms. The first-order chi connectivity index (χ1) is 10.0. The number of aryl methyl sites for hydroxylation is 1. The minimum atomic E-state index is -3.86. The second-order valence-electron chi connectivity index (χ2n) is 4.26. The molecular formula is C11H12N6O2S2. The van der Waals surface area contributed by atoms with Gasteiger partial charge in [0.2, 0.25) is 5.03 Å². The van der Waals surface area contributed by atoms with E-state index >= 15 is 0 Å². The minimum absolute atomic E-state index is 0.0375. The zero-order valence-corrected chi connectivity index (χ0v) is 12.6. The lowest BCUT2D eigenvalue weighted by Gasteiger charge is -2.10. The van der Waals surface area contributed by atoms with Crippen LogP contribution in [0.3, 0.4) is 0 Å². The Labute approximate surface area is 124 Å². The Morgan fingerprint density at radius 2 is 2.24 bits per heavy atom. The third-order valence-corrected chi connectivity index (χ3v) is 5.04. The highest BCUT2D eigenvalue weighted by atomic mass is 32.2. The highest BCUT2D eigenvalue weighted by Gasteiger charge is 2.26. The Morgan fingerprint density at radius 3 is 2.95 bits per heavy atom. The van der Waals surface area contributed by atoms with E-state index in [0.29, 0.717) is 10.6 Å². The highest BCUT2D eigenvalue weighted by molar-refractivity contribution is 7.92. The van der Waals surface area contributed by atoms with E-state index in [-0.39, 0.29) is 10.8 Å². The number of nitrogens with one attached hydrogen (secondary N) is 2. The lowest BCUT2D eigenvalue weighted by molar-refractivity contribution is 0.597. The van der Waals surface area contributed by atoms with Crippen molar-refractivity contribution in [1.29, 1.82) is 0 Å². The van der Waals surface area contributed by atoms with Gasteiger partial charge in [-0.05, 0) is 18.6 Å². The molecule has 0 atom stereocenters. The van der Waals surface area contributed by atoms with E-state index in [1.807, 2.05) is 0 Å². The molecule has 0 aliphatic carbocycles. The molecule has 0 aliphatic rings. The number of fused-ring (bicyclic) bond motifs is 1. The zero-order chi connectivity index (χ0) is 15.0. The summed E-state index contributed by atoms with van der Waals surface area (Å²) in [7, 11) is -3.86. The van der Waals surface area contributed by atoms with Crippen LogP contribution in [0, 0.1) is 6.92 Å². The number of nitrogens with zero attached hydrogens (tertiary/aromatic N) is 3. The van der Waals surface area contributed by atoms with Gasteiger partial charge < -0.3 is 5.43 Å². The molecule has 0 aliphatic heterocycles. The van der Waals surface area contributed by atoms with Crippen LogP contribution in [0.2, 0.25) is 0 Å². The predicted molar refractivity (Wildman–Crippen MR) is 80.7 cm³/mol. The Hall–Kier alpha value is -2.17. The topological polar surface area (TPSA) is 114 Å². The summed E-state index contributed by atoms with van der Waals surface area (Å²) in [6, 6.07) is 1.72. The van der Waals surface area contributed by atoms with E-state index in [0.717, 1.165) is 5.56 Å². The molecule has 8 nitrogen and oxygen atoms in total. The molecule has 0 aromatic carbocycles. The predicted octanol–water partition coefficient (Wildman–Crippen LogP) is 1.19. The van der Waals surface area contributed by atoms with Crippen molar-refractivity contribution in [1.82, 2.24) is 14.4 Å². The first-order valence-electron chi connectivity index (χ1n) is 5.88. The number of rotatable bonds is 4. The summed E-state index contributed by atoms with van der Waals surface area (Å²) in [6.07, 6.45) is 4.67. The minimum Gasteiger partial charge on any atom is -0.306 e. The standard InChI is InChI=1S/C11H12N6O2S2/c1-7-2-3-13-6-8(7)16-21(18,19)10-9(15-12)14-11-17(10)4-5-20-11/h2-6,15-16H,12H2,1H3. The molecule has 0 unspecified atom stereocenters. The maximum absolute atomic E-state index is 12.6. The number of nitrogens with two attached hydrogens (primary N) is 1. The maximum atomic E-state index is 12.6. The van der Waals surface area contributed by atoms with Crippen LogP contribution < -0.4 is 16.0 Å². The SMILES string of the molecule is Cc1ccncc1NS(=O)(=O)c1c(NN)nc2sccn12. The van der Waals surface area contributed by atoms with E-state index in [1.165, 1.54) is 21.9 Å². The van der Waals surface area contributed by atoms with Gasteiger partial charge in [-0.15, -0.1) is 11.3 Å². The molecule has 21 heavy (non-hydrogen) atoms. The van der Waals surface area contributed by atoms with Crippen molar-refractivity contribution < 1.29 is 8.42 Å². The zero-order valence-electron chi connectivity index (χ0n) is 10.9. The fraction of sp³-hybridized carbons (Fsp3) is 0.0909. The van der Waals surface area contributed by atoms with Gasteiger partial charge in [-0.3, -0.25) is 14.1 Å². The van der Waals surface area contributed by atoms with Crippen molar-refractivity contribution in [3.63, 3.8) is 0 Å². The number of imidazole rings is 1. The lowest BCUT2D eigenvalue weighted by atomic mass is 10.3. The Kier molecular flexibility index (Phi) is 3.27. The first-order valence-corrected chi connectivity index (χ1v) is 8.25. The third kappa shape index (κ3) is 2.33. The van der Waals surface area contributed by atoms with Crippen LogP contribution in [0.15, 0.2) is 35.1 Å². The van der Waals surface area contributed by atoms with Gasteiger partial charge in [0, 0.05) is 17.8 Å². The third-order valence-electron chi connectivity index (χ3n) is 2.89. The monoisotopic (exact) mass is 324 g/mol. The van der Waals surface area contributed by atoms with Crippen molar-refractivity contribution in [2.75, 3.05) is 10.1 Å². The molecule has 0 saturated heterocycles. The molecule has 110 valence electrons. The van der Waals surface area contributed by atoms with Crippen LogP contribution in [-0.4, -0.2) is 22.8 Å². The lowest BCUT2D eigenvalue weighted by Crippen LogP contribution is -2.19. The second-order valence-corrected chi connectivity index (χ2v) is 6.73. The average molecular weight is 324 g/mol. The summed E-state index contributed by atoms with van der Waals surface area (Å²) in [5.41, 5.74) is 3.49. The molecule has 3 rings (SSSR count). The van der Waals surface area contributed by atoms with Crippen LogP contribution in [-0.2, 0) is 10.0 Å². The number of sulfonamides is 1. The number of nitrogen functional groups attached to an aromatic ring is 1. The van der Waals surface area contributed by atoms with Gasteiger partial charge in [0.15, 0.2) is 10.8 Å². The van der Waals surface area contributed by atoms with Gasteiger partial charge in [-0.25, -0.2) is 5.84 Å². The molecule has 0 amide bonds. The van der Waals surface area contributed by atoms with Crippen LogP contribution in [0.4, 0.5) is 11.5 Å². The number of anilines is 2. The fourth-order valence-electron chi connectivity index (χ4n) is 1.88. The quantitative estimate of drug-likeness (QED) is 0.490. The molecule has 3 heterocycles. The van der Waals surface area contributed by atoms with Crippen molar-refractivity contribution in [2.24, 2.45) is 5.84 Å². The van der Waals surface area contributed by atoms with E-state index < -0.39 is 10.0 Å². The summed E-state index contributed by atoms with van der Waals surface area (Å²) >= 11 is 1.31. The molecule has 3 aromatic rings. The van der Waals surface area contributed by atoms with Crippen LogP contribution in [0.1, 0.15) is 5.56 Å². The number of hydrazine groups is 1. The number of pyridine rings is 1. The molecule has 0 fully saturated rings. The summed E-state index contributed by atoms with van der Waals surface area (Å²) in [5.74, 6) is 5.46. The average Bonchev–Trinajstić information content (AvgIpc) is 3.00. The summed E-state index contributed by atoms with van der Waals surface area (Å²) in [6.45, 7) is 1.79. The van der Waals surface area contributed by atoms with E-state index in [4.69, 9.17) is 5.84 Å². The Balaban J connectivity index is 2.12. The number of hydrogen-bond acceptors (Lipinski definition) is 7.